The lowest BCUT2D eigenvalue weighted by Crippen LogP contribution is -2.07. The summed E-state index contributed by atoms with van der Waals surface area (Å²) in [5, 5.41) is 0. The van der Waals surface area contributed by atoms with E-state index in [1.165, 1.54) is 77.0 Å². The zero-order valence-electron chi connectivity index (χ0n) is 14.0. The number of hydrogen-bond acceptors (Lipinski definition) is 1. The Morgan fingerprint density at radius 3 is 1.60 bits per heavy atom. The molecule has 1 nitrogen and oxygen atoms in total. The average molecular weight is 280 g/mol. The topological polar surface area (TPSA) is 17.1 Å². The van der Waals surface area contributed by atoms with Crippen molar-refractivity contribution in [2.24, 2.45) is 5.92 Å². The molecule has 1 atom stereocenters. The number of hydrogen-bond donors (Lipinski definition) is 0. The van der Waals surface area contributed by atoms with Crippen LogP contribution in [0.25, 0.3) is 0 Å². The number of carbonyl (C=O) groups excluding carboxylic acids is 1. The van der Waals surface area contributed by atoms with Gasteiger partial charge in [0, 0.05) is 5.92 Å². The van der Waals surface area contributed by atoms with E-state index in [9.17, 15) is 4.79 Å². The van der Waals surface area contributed by atoms with Gasteiger partial charge in [-0.2, -0.15) is 0 Å². The van der Waals surface area contributed by atoms with Crippen molar-refractivity contribution in [3.8, 4) is 0 Å². The molecule has 0 aliphatic rings. The Bertz CT molecular complexity index is 232. The molecular weight excluding hydrogens is 244 g/mol. The fourth-order valence-corrected chi connectivity index (χ4v) is 2.69. The molecule has 0 aromatic carbocycles. The van der Waals surface area contributed by atoms with Crippen LogP contribution in [0.2, 0.25) is 0 Å². The molecule has 1 heteroatoms. The van der Waals surface area contributed by atoms with Gasteiger partial charge in [0.25, 0.3) is 0 Å². The first-order valence-corrected chi connectivity index (χ1v) is 8.85. The molecule has 0 spiro atoms. The Morgan fingerprint density at radius 2 is 1.25 bits per heavy atom. The maximum atomic E-state index is 11.2. The number of Topliss-reactive ketones (excluding diaryl/α,β-unsaturated/α-hetero) is 1. The van der Waals surface area contributed by atoms with Gasteiger partial charge in [-0.15, -0.1) is 6.58 Å². The van der Waals surface area contributed by atoms with E-state index in [4.69, 9.17) is 0 Å². The molecule has 0 aliphatic heterocycles. The summed E-state index contributed by atoms with van der Waals surface area (Å²) in [5.74, 6) is 0.362. The second-order valence-corrected chi connectivity index (χ2v) is 6.13. The minimum absolute atomic E-state index is 0.0955. The van der Waals surface area contributed by atoms with Crippen molar-refractivity contribution in [2.75, 3.05) is 0 Å². The van der Waals surface area contributed by atoms with Crippen molar-refractivity contribution < 1.29 is 4.79 Å². The van der Waals surface area contributed by atoms with Gasteiger partial charge in [-0.1, -0.05) is 90.0 Å². The fourth-order valence-electron chi connectivity index (χ4n) is 2.69. The van der Waals surface area contributed by atoms with Crippen molar-refractivity contribution in [3.63, 3.8) is 0 Å². The molecule has 0 saturated carbocycles. The van der Waals surface area contributed by atoms with Crippen LogP contribution in [0.3, 0.4) is 0 Å². The summed E-state index contributed by atoms with van der Waals surface area (Å²) >= 11 is 0. The van der Waals surface area contributed by atoms with Crippen LogP contribution in [-0.2, 0) is 4.79 Å². The average Bonchev–Trinajstić information content (AvgIpc) is 2.43. The van der Waals surface area contributed by atoms with E-state index >= 15 is 0 Å². The van der Waals surface area contributed by atoms with Gasteiger partial charge in [-0.25, -0.2) is 0 Å². The molecule has 0 fully saturated rings. The SMILES string of the molecule is C=CC(CCCCCCCCCCCCCC)C(C)=O. The van der Waals surface area contributed by atoms with Gasteiger partial charge in [-0.3, -0.25) is 4.79 Å². The molecule has 0 aromatic heterocycles. The monoisotopic (exact) mass is 280 g/mol. The molecule has 1 unspecified atom stereocenters. The third-order valence-electron chi connectivity index (χ3n) is 4.18. The largest absolute Gasteiger partial charge is 0.299 e. The highest BCUT2D eigenvalue weighted by atomic mass is 16.1. The van der Waals surface area contributed by atoms with Gasteiger partial charge >= 0.3 is 0 Å². The quantitative estimate of drug-likeness (QED) is 0.248. The number of rotatable bonds is 15. The van der Waals surface area contributed by atoms with Crippen molar-refractivity contribution in [1.29, 1.82) is 0 Å². The van der Waals surface area contributed by atoms with Crippen LogP contribution in [0.15, 0.2) is 12.7 Å². The van der Waals surface area contributed by atoms with E-state index in [1.54, 1.807) is 13.0 Å². The Labute approximate surface area is 127 Å². The minimum atomic E-state index is 0.0955. The standard InChI is InChI=1S/C19H36O/c1-4-6-7-8-9-10-11-12-13-14-15-16-17-19(5-2)18(3)20/h5,19H,2,4,6-17H2,1,3H3. The van der Waals surface area contributed by atoms with E-state index in [-0.39, 0.29) is 11.7 Å². The van der Waals surface area contributed by atoms with Crippen molar-refractivity contribution in [3.05, 3.63) is 12.7 Å². The van der Waals surface area contributed by atoms with Gasteiger partial charge < -0.3 is 0 Å². The van der Waals surface area contributed by atoms with E-state index in [1.807, 2.05) is 0 Å². The third kappa shape index (κ3) is 12.4. The fraction of sp³-hybridized carbons (Fsp3) is 0.842. The molecule has 118 valence electrons. The minimum Gasteiger partial charge on any atom is -0.299 e. The van der Waals surface area contributed by atoms with Crippen LogP contribution in [-0.4, -0.2) is 5.78 Å². The van der Waals surface area contributed by atoms with E-state index < -0.39 is 0 Å². The van der Waals surface area contributed by atoms with Gasteiger partial charge in [0.1, 0.15) is 5.78 Å². The number of ketones is 1. The smallest absolute Gasteiger partial charge is 0.136 e. The molecule has 0 aliphatic carbocycles. The molecule has 0 saturated heterocycles. The molecule has 0 amide bonds. The van der Waals surface area contributed by atoms with Crippen molar-refractivity contribution in [1.82, 2.24) is 0 Å². The first-order valence-electron chi connectivity index (χ1n) is 8.85. The first kappa shape index (κ1) is 19.4. The summed E-state index contributed by atoms with van der Waals surface area (Å²) < 4.78 is 0. The summed E-state index contributed by atoms with van der Waals surface area (Å²) in [6, 6.07) is 0. The van der Waals surface area contributed by atoms with Gasteiger partial charge in [-0.05, 0) is 13.3 Å². The second-order valence-electron chi connectivity index (χ2n) is 6.13. The Balaban J connectivity index is 3.17. The zero-order valence-corrected chi connectivity index (χ0v) is 14.0. The summed E-state index contributed by atoms with van der Waals surface area (Å²) in [4.78, 5) is 11.2. The summed E-state index contributed by atoms with van der Waals surface area (Å²) in [5.41, 5.74) is 0. The molecule has 0 radical (unpaired) electrons. The van der Waals surface area contributed by atoms with Crippen molar-refractivity contribution >= 4 is 5.78 Å². The van der Waals surface area contributed by atoms with Crippen LogP contribution >= 0.6 is 0 Å². The highest BCUT2D eigenvalue weighted by molar-refractivity contribution is 5.79. The molecule has 20 heavy (non-hydrogen) atoms. The Hall–Kier alpha value is -0.590. The van der Waals surface area contributed by atoms with Crippen LogP contribution in [0.4, 0.5) is 0 Å². The van der Waals surface area contributed by atoms with Crippen LogP contribution in [0, 0.1) is 5.92 Å². The lowest BCUT2D eigenvalue weighted by atomic mass is 9.97. The number of allylic oxidation sites excluding steroid dienone is 1. The van der Waals surface area contributed by atoms with Gasteiger partial charge in [0.2, 0.25) is 0 Å². The highest BCUT2D eigenvalue weighted by Gasteiger charge is 2.08. The second kappa shape index (κ2) is 14.8. The molecule has 0 heterocycles. The zero-order chi connectivity index (χ0) is 15.1. The predicted molar refractivity (Wildman–Crippen MR) is 90.1 cm³/mol. The summed E-state index contributed by atoms with van der Waals surface area (Å²) in [6.07, 6.45) is 19.2. The van der Waals surface area contributed by atoms with Gasteiger partial charge in [0.05, 0.1) is 0 Å². The van der Waals surface area contributed by atoms with Crippen LogP contribution in [0.5, 0.6) is 0 Å². The lowest BCUT2D eigenvalue weighted by molar-refractivity contribution is -0.119. The van der Waals surface area contributed by atoms with E-state index in [0.717, 1.165) is 6.42 Å². The Morgan fingerprint density at radius 1 is 0.850 bits per heavy atom. The van der Waals surface area contributed by atoms with Crippen molar-refractivity contribution in [2.45, 2.75) is 97.3 Å². The number of unbranched alkanes of at least 4 members (excludes halogenated alkanes) is 11. The molecule has 0 bridgehead atoms. The molecule has 0 N–H and O–H groups in total. The van der Waals surface area contributed by atoms with E-state index in [2.05, 4.69) is 13.5 Å². The maximum absolute atomic E-state index is 11.2. The van der Waals surface area contributed by atoms with Crippen LogP contribution < -0.4 is 0 Å². The predicted octanol–water partition coefficient (Wildman–Crippen LogP) is 6.47. The third-order valence-corrected chi connectivity index (χ3v) is 4.18. The Kier molecular flexibility index (Phi) is 14.4. The first-order chi connectivity index (χ1) is 9.72. The molecule has 0 rings (SSSR count). The maximum Gasteiger partial charge on any atom is 0.136 e. The lowest BCUT2D eigenvalue weighted by Gasteiger charge is -2.08. The summed E-state index contributed by atoms with van der Waals surface area (Å²) in [7, 11) is 0. The normalized spacial score (nSPS) is 12.3. The van der Waals surface area contributed by atoms with Crippen LogP contribution in [0.1, 0.15) is 97.3 Å². The summed E-state index contributed by atoms with van der Waals surface area (Å²) in [6.45, 7) is 7.68. The molecular formula is C19H36O. The van der Waals surface area contributed by atoms with Gasteiger partial charge in [0.15, 0.2) is 0 Å². The molecule has 0 aromatic rings. The highest BCUT2D eigenvalue weighted by Crippen LogP contribution is 2.15. The number of carbonyl (C=O) groups is 1. The van der Waals surface area contributed by atoms with E-state index in [0.29, 0.717) is 0 Å².